The number of nitrogens with one attached hydrogen (secondary N) is 4. The first-order chi connectivity index (χ1) is 22.2. The Bertz CT molecular complexity index is 1270. The lowest BCUT2D eigenvalue weighted by molar-refractivity contribution is -0.144. The number of carbonyl (C=O) groups is 5. The number of nitrogens with zero attached hydrogens (tertiary/aromatic N) is 1. The van der Waals surface area contributed by atoms with Gasteiger partial charge >= 0.3 is 6.03 Å². The molecule has 5 atom stereocenters. The molecule has 0 radical (unpaired) electrons. The zero-order chi connectivity index (χ0) is 34.9. The fourth-order valence-corrected chi connectivity index (χ4v) is 6.73. The summed E-state index contributed by atoms with van der Waals surface area (Å²) >= 11 is 0. The van der Waals surface area contributed by atoms with Crippen molar-refractivity contribution in [2.24, 2.45) is 23.2 Å². The van der Waals surface area contributed by atoms with Gasteiger partial charge in [0.25, 0.3) is 5.91 Å². The van der Waals surface area contributed by atoms with E-state index in [1.807, 2.05) is 65.8 Å². The number of ether oxygens (including phenoxy) is 1. The average Bonchev–Trinajstić information content (AvgIpc) is 3.66. The van der Waals surface area contributed by atoms with Crippen molar-refractivity contribution in [3.05, 3.63) is 48.0 Å². The summed E-state index contributed by atoms with van der Waals surface area (Å²) in [5.41, 5.74) is 1.97. The summed E-state index contributed by atoms with van der Waals surface area (Å²) in [6.07, 6.45) is 4.13. The molecule has 1 aliphatic carbocycles. The van der Waals surface area contributed by atoms with E-state index in [0.717, 1.165) is 11.1 Å². The number of fused-ring (bicyclic) bond motifs is 1. The van der Waals surface area contributed by atoms with Crippen LogP contribution in [0.5, 0.6) is 0 Å². The fraction of sp³-hybridized carbons (Fsp3) is 0.639. The summed E-state index contributed by atoms with van der Waals surface area (Å²) in [7, 11) is 1.58. The van der Waals surface area contributed by atoms with Crippen molar-refractivity contribution in [2.75, 3.05) is 26.8 Å². The maximum Gasteiger partial charge on any atom is 0.315 e. The van der Waals surface area contributed by atoms with Crippen LogP contribution in [0.25, 0.3) is 0 Å². The number of carbonyl (C=O) groups excluding carboxylic acids is 5. The van der Waals surface area contributed by atoms with Crippen LogP contribution >= 0.6 is 0 Å². The third-order valence-electron chi connectivity index (χ3n) is 9.48. The van der Waals surface area contributed by atoms with Crippen molar-refractivity contribution in [3.63, 3.8) is 0 Å². The molecule has 1 saturated heterocycles. The summed E-state index contributed by atoms with van der Waals surface area (Å²) in [5, 5.41) is 11.3. The van der Waals surface area contributed by atoms with Gasteiger partial charge in [-0.15, -0.1) is 6.58 Å². The molecule has 0 aromatic heterocycles. The third kappa shape index (κ3) is 9.65. The Hall–Kier alpha value is -3.73. The Labute approximate surface area is 280 Å². The zero-order valence-corrected chi connectivity index (χ0v) is 29.2. The van der Waals surface area contributed by atoms with E-state index in [1.54, 1.807) is 12.0 Å². The summed E-state index contributed by atoms with van der Waals surface area (Å²) in [4.78, 5) is 69.3. The number of likely N-dealkylation sites (tertiary alicyclic amines) is 1. The fourth-order valence-electron chi connectivity index (χ4n) is 6.73. The first-order valence-corrected chi connectivity index (χ1v) is 16.9. The van der Waals surface area contributed by atoms with E-state index < -0.39 is 41.8 Å². The molecule has 0 saturated carbocycles. The highest BCUT2D eigenvalue weighted by molar-refractivity contribution is 6.38. The van der Waals surface area contributed by atoms with Crippen LogP contribution in [0.4, 0.5) is 4.79 Å². The number of urea groups is 1. The molecule has 0 spiro atoms. The van der Waals surface area contributed by atoms with Gasteiger partial charge < -0.3 is 30.9 Å². The summed E-state index contributed by atoms with van der Waals surface area (Å²) in [5.74, 6) is -2.65. The molecule has 11 nitrogen and oxygen atoms in total. The first kappa shape index (κ1) is 37.7. The predicted octanol–water partition coefficient (Wildman–Crippen LogP) is 3.16. The van der Waals surface area contributed by atoms with Crippen LogP contribution in [0.15, 0.2) is 36.9 Å². The second-order valence-electron chi connectivity index (χ2n) is 14.3. The van der Waals surface area contributed by atoms with Crippen LogP contribution in [-0.4, -0.2) is 85.4 Å². The molecule has 11 heteroatoms. The van der Waals surface area contributed by atoms with Gasteiger partial charge in [0.1, 0.15) is 12.1 Å². The van der Waals surface area contributed by atoms with E-state index in [4.69, 9.17) is 4.74 Å². The molecule has 2 aliphatic rings. The number of hydrogen-bond acceptors (Lipinski definition) is 6. The van der Waals surface area contributed by atoms with Crippen molar-refractivity contribution < 1.29 is 28.7 Å². The van der Waals surface area contributed by atoms with Gasteiger partial charge in [-0.2, -0.15) is 0 Å². The van der Waals surface area contributed by atoms with E-state index in [-0.39, 0.29) is 48.1 Å². The predicted molar refractivity (Wildman–Crippen MR) is 181 cm³/mol. The highest BCUT2D eigenvalue weighted by Crippen LogP contribution is 2.35. The lowest BCUT2D eigenvalue weighted by Crippen LogP contribution is -2.61. The Morgan fingerprint density at radius 2 is 1.68 bits per heavy atom. The molecule has 260 valence electrons. The molecule has 1 aliphatic heterocycles. The minimum atomic E-state index is -1.03. The Balaban J connectivity index is 1.91. The largest absolute Gasteiger partial charge is 0.383 e. The number of benzene rings is 1. The van der Waals surface area contributed by atoms with Crippen LogP contribution < -0.4 is 21.3 Å². The lowest BCUT2D eigenvalue weighted by Gasteiger charge is -2.35. The number of methoxy groups -OCH3 is 1. The van der Waals surface area contributed by atoms with Crippen molar-refractivity contribution in [1.29, 1.82) is 0 Å². The quantitative estimate of drug-likeness (QED) is 0.169. The number of rotatable bonds is 15. The van der Waals surface area contributed by atoms with E-state index in [2.05, 4.69) is 27.8 Å². The topological polar surface area (TPSA) is 146 Å². The Morgan fingerprint density at radius 3 is 2.21 bits per heavy atom. The second kappa shape index (κ2) is 16.9. The zero-order valence-electron chi connectivity index (χ0n) is 29.2. The van der Waals surface area contributed by atoms with Crippen molar-refractivity contribution in [2.45, 2.75) is 97.8 Å². The Morgan fingerprint density at radius 1 is 1.04 bits per heavy atom. The molecule has 1 unspecified atom stereocenters. The van der Waals surface area contributed by atoms with E-state index in [1.165, 1.54) is 6.08 Å². The molecule has 1 aromatic carbocycles. The first-order valence-electron chi connectivity index (χ1n) is 16.9. The summed E-state index contributed by atoms with van der Waals surface area (Å²) < 4.78 is 5.37. The van der Waals surface area contributed by atoms with Crippen LogP contribution in [0.2, 0.25) is 0 Å². The van der Waals surface area contributed by atoms with Crippen molar-refractivity contribution >= 4 is 29.5 Å². The van der Waals surface area contributed by atoms with Gasteiger partial charge in [0, 0.05) is 20.2 Å². The van der Waals surface area contributed by atoms with Gasteiger partial charge in [0.15, 0.2) is 0 Å². The average molecular weight is 654 g/mol. The van der Waals surface area contributed by atoms with Crippen molar-refractivity contribution in [3.8, 4) is 0 Å². The maximum absolute atomic E-state index is 14.6. The van der Waals surface area contributed by atoms with Crippen LogP contribution in [0.3, 0.4) is 0 Å². The van der Waals surface area contributed by atoms with Gasteiger partial charge in [-0.05, 0) is 60.0 Å². The molecular weight excluding hydrogens is 598 g/mol. The smallest absolute Gasteiger partial charge is 0.315 e. The van der Waals surface area contributed by atoms with Crippen LogP contribution in [0, 0.1) is 23.2 Å². The van der Waals surface area contributed by atoms with Gasteiger partial charge in [0.2, 0.25) is 17.6 Å². The van der Waals surface area contributed by atoms with Gasteiger partial charge in [-0.1, -0.05) is 78.3 Å². The molecule has 1 aromatic rings. The molecule has 1 heterocycles. The summed E-state index contributed by atoms with van der Waals surface area (Å²) in [6, 6.07) is 4.45. The van der Waals surface area contributed by atoms with Gasteiger partial charge in [-0.25, -0.2) is 4.79 Å². The van der Waals surface area contributed by atoms with E-state index in [0.29, 0.717) is 38.8 Å². The number of amides is 5. The van der Waals surface area contributed by atoms with E-state index >= 15 is 0 Å². The van der Waals surface area contributed by atoms with Crippen LogP contribution in [0.1, 0.15) is 71.9 Å². The summed E-state index contributed by atoms with van der Waals surface area (Å²) in [6.45, 7) is 16.2. The second-order valence-corrected chi connectivity index (χ2v) is 14.3. The molecule has 47 heavy (non-hydrogen) atoms. The van der Waals surface area contributed by atoms with Crippen molar-refractivity contribution in [1.82, 2.24) is 26.2 Å². The molecule has 4 N–H and O–H groups in total. The van der Waals surface area contributed by atoms with E-state index in [9.17, 15) is 24.0 Å². The third-order valence-corrected chi connectivity index (χ3v) is 9.48. The normalized spacial score (nSPS) is 19.8. The number of Topliss-reactive ketones (excluding diaryl/α,β-unsaturated/α-hetero) is 1. The number of ketones is 1. The van der Waals surface area contributed by atoms with Gasteiger partial charge in [0.05, 0.1) is 18.7 Å². The minimum absolute atomic E-state index is 0.0618. The standard InChI is InChI=1S/C36H55N5O6/c1-9-13-27(31(42)33(44)37-17-10-2)38-32(43)30-26(22(3)4)16-18-41(30)34(45)29(25-19-23-14-11-12-15-24(23)20-25)40-35(46)39-28(21-47-8)36(5,6)7/h10-12,14-15,22,25-30H,2,9,13,16-21H2,1,3-8H3,(H,37,44)(H,38,43)(H2,39,40,46)/t26-,27?,28-,29+,30+/m1/s1. The molecule has 1 fully saturated rings. The van der Waals surface area contributed by atoms with Crippen LogP contribution in [-0.2, 0) is 36.8 Å². The maximum atomic E-state index is 14.6. The highest BCUT2D eigenvalue weighted by Gasteiger charge is 2.47. The lowest BCUT2D eigenvalue weighted by atomic mass is 9.87. The molecular formula is C36H55N5O6. The molecule has 0 bridgehead atoms. The minimum Gasteiger partial charge on any atom is -0.383 e. The Kier molecular flexibility index (Phi) is 13.6. The monoisotopic (exact) mass is 653 g/mol. The number of hydrogen-bond donors (Lipinski definition) is 4. The van der Waals surface area contributed by atoms with Gasteiger partial charge in [-0.3, -0.25) is 19.2 Å². The molecule has 3 rings (SSSR count). The SMILES string of the molecule is C=CCNC(=O)C(=O)C(CCC)NC(=O)[C@@H]1[C@@H](C(C)C)CCN1C(=O)[C@@H](NC(=O)N[C@H](COC)C(C)(C)C)C1Cc2ccccc2C1. The highest BCUT2D eigenvalue weighted by atomic mass is 16.5. The molecule has 5 amide bonds.